The lowest BCUT2D eigenvalue weighted by molar-refractivity contribution is 0.219. The van der Waals surface area contributed by atoms with Crippen LogP contribution >= 0.6 is 15.9 Å². The van der Waals surface area contributed by atoms with Crippen molar-refractivity contribution >= 4 is 27.6 Å². The molecular formula is C17H14BrN3O. The highest BCUT2D eigenvalue weighted by molar-refractivity contribution is 9.10. The summed E-state index contributed by atoms with van der Waals surface area (Å²) in [7, 11) is 0. The summed E-state index contributed by atoms with van der Waals surface area (Å²) in [5.74, 6) is 0. The van der Waals surface area contributed by atoms with Crippen LogP contribution in [0.4, 0.5) is 10.5 Å². The number of hydrogen-bond acceptors (Lipinski definition) is 2. The van der Waals surface area contributed by atoms with Crippen LogP contribution in [-0.2, 0) is 6.54 Å². The molecule has 2 amide bonds. The maximum atomic E-state index is 12.5. The van der Waals surface area contributed by atoms with E-state index in [1.165, 1.54) is 0 Å². The van der Waals surface area contributed by atoms with Gasteiger partial charge in [-0.25, -0.2) is 4.79 Å². The Morgan fingerprint density at radius 1 is 1.05 bits per heavy atom. The summed E-state index contributed by atoms with van der Waals surface area (Å²) < 4.78 is 0.998. The van der Waals surface area contributed by atoms with Gasteiger partial charge >= 0.3 is 6.03 Å². The quantitative estimate of drug-likeness (QED) is 0.841. The molecule has 0 N–H and O–H groups in total. The van der Waals surface area contributed by atoms with Crippen LogP contribution in [0.15, 0.2) is 53.0 Å². The van der Waals surface area contributed by atoms with Crippen LogP contribution < -0.4 is 4.90 Å². The van der Waals surface area contributed by atoms with Gasteiger partial charge < -0.3 is 4.90 Å². The van der Waals surface area contributed by atoms with Gasteiger partial charge in [0.05, 0.1) is 11.6 Å². The summed E-state index contributed by atoms with van der Waals surface area (Å²) in [6, 6.07) is 17.2. The molecule has 3 rings (SSSR count). The number of nitrogens with zero attached hydrogens (tertiary/aromatic N) is 3. The lowest BCUT2D eigenvalue weighted by Crippen LogP contribution is -2.31. The highest BCUT2D eigenvalue weighted by Crippen LogP contribution is 2.23. The number of carbonyl (C=O) groups is 1. The van der Waals surface area contributed by atoms with Crippen LogP contribution in [0.3, 0.4) is 0 Å². The number of urea groups is 1. The van der Waals surface area contributed by atoms with Gasteiger partial charge in [-0.3, -0.25) is 4.90 Å². The Labute approximate surface area is 137 Å². The molecule has 0 radical (unpaired) electrons. The first-order chi connectivity index (χ1) is 10.7. The summed E-state index contributed by atoms with van der Waals surface area (Å²) in [5.41, 5.74) is 2.58. The van der Waals surface area contributed by atoms with Crippen molar-refractivity contribution < 1.29 is 4.79 Å². The van der Waals surface area contributed by atoms with Gasteiger partial charge in [0.25, 0.3) is 0 Å². The van der Waals surface area contributed by atoms with Crippen LogP contribution in [0.1, 0.15) is 11.1 Å². The van der Waals surface area contributed by atoms with E-state index in [9.17, 15) is 4.79 Å². The lowest BCUT2D eigenvalue weighted by Gasteiger charge is -2.19. The monoisotopic (exact) mass is 355 g/mol. The van der Waals surface area contributed by atoms with Crippen LogP contribution in [0, 0.1) is 11.3 Å². The van der Waals surface area contributed by atoms with Gasteiger partial charge in [0.15, 0.2) is 0 Å². The first kappa shape index (κ1) is 14.6. The standard InChI is InChI=1S/C17H14BrN3O/c18-15-5-7-16(8-6-15)21-10-9-20(17(21)22)12-14-3-1-13(11-19)2-4-14/h1-8H,9-10,12H2. The maximum absolute atomic E-state index is 12.5. The Kier molecular flexibility index (Phi) is 4.12. The van der Waals surface area contributed by atoms with Crippen molar-refractivity contribution in [3.8, 4) is 6.07 Å². The molecule has 1 aliphatic heterocycles. The van der Waals surface area contributed by atoms with Crippen molar-refractivity contribution in [2.24, 2.45) is 0 Å². The van der Waals surface area contributed by atoms with E-state index in [0.29, 0.717) is 25.2 Å². The first-order valence-corrected chi connectivity index (χ1v) is 7.78. The third-order valence-electron chi connectivity index (χ3n) is 3.69. The lowest BCUT2D eigenvalue weighted by atomic mass is 10.1. The van der Waals surface area contributed by atoms with E-state index in [1.54, 1.807) is 17.0 Å². The van der Waals surface area contributed by atoms with Crippen molar-refractivity contribution in [1.82, 2.24) is 4.90 Å². The third kappa shape index (κ3) is 2.97. The number of rotatable bonds is 3. The maximum Gasteiger partial charge on any atom is 0.324 e. The van der Waals surface area contributed by atoms with Crippen LogP contribution in [0.5, 0.6) is 0 Å². The van der Waals surface area contributed by atoms with Gasteiger partial charge in [-0.15, -0.1) is 0 Å². The Morgan fingerprint density at radius 2 is 1.73 bits per heavy atom. The van der Waals surface area contributed by atoms with Gasteiger partial charge in [0.1, 0.15) is 0 Å². The minimum atomic E-state index is 0.0201. The average Bonchev–Trinajstić information content (AvgIpc) is 2.90. The number of halogens is 1. The molecule has 1 fully saturated rings. The average molecular weight is 356 g/mol. The fourth-order valence-corrected chi connectivity index (χ4v) is 2.76. The van der Waals surface area contributed by atoms with Crippen LogP contribution in [0.2, 0.25) is 0 Å². The third-order valence-corrected chi connectivity index (χ3v) is 4.22. The molecule has 1 heterocycles. The number of anilines is 1. The summed E-state index contributed by atoms with van der Waals surface area (Å²) in [5, 5.41) is 8.81. The number of benzene rings is 2. The first-order valence-electron chi connectivity index (χ1n) is 6.98. The van der Waals surface area contributed by atoms with Gasteiger partial charge in [-0.05, 0) is 42.0 Å². The number of carbonyl (C=O) groups excluding carboxylic acids is 1. The summed E-state index contributed by atoms with van der Waals surface area (Å²) in [6.07, 6.45) is 0. The highest BCUT2D eigenvalue weighted by Gasteiger charge is 2.29. The van der Waals surface area contributed by atoms with Crippen LogP contribution in [0.25, 0.3) is 0 Å². The van der Waals surface area contributed by atoms with E-state index < -0.39 is 0 Å². The molecule has 0 bridgehead atoms. The molecular weight excluding hydrogens is 342 g/mol. The Morgan fingerprint density at radius 3 is 2.36 bits per heavy atom. The number of amides is 2. The Balaban J connectivity index is 1.70. The summed E-state index contributed by atoms with van der Waals surface area (Å²) in [4.78, 5) is 16.1. The second-order valence-electron chi connectivity index (χ2n) is 5.14. The second-order valence-corrected chi connectivity index (χ2v) is 6.06. The van der Waals surface area contributed by atoms with Gasteiger partial charge in [0, 0.05) is 29.8 Å². The van der Waals surface area contributed by atoms with Gasteiger partial charge in [-0.2, -0.15) is 5.26 Å². The van der Waals surface area contributed by atoms with Crippen molar-refractivity contribution in [3.05, 3.63) is 64.1 Å². The highest BCUT2D eigenvalue weighted by atomic mass is 79.9. The summed E-state index contributed by atoms with van der Waals surface area (Å²) >= 11 is 3.40. The molecule has 5 heteroatoms. The van der Waals surface area contributed by atoms with Gasteiger partial charge in [-0.1, -0.05) is 28.1 Å². The molecule has 0 spiro atoms. The topological polar surface area (TPSA) is 47.3 Å². The van der Waals surface area contributed by atoms with E-state index in [2.05, 4.69) is 22.0 Å². The molecule has 0 aromatic heterocycles. The zero-order chi connectivity index (χ0) is 15.5. The molecule has 4 nitrogen and oxygen atoms in total. The van der Waals surface area contributed by atoms with E-state index in [4.69, 9.17) is 5.26 Å². The number of hydrogen-bond donors (Lipinski definition) is 0. The molecule has 110 valence electrons. The molecule has 0 saturated carbocycles. The predicted octanol–water partition coefficient (Wildman–Crippen LogP) is 3.76. The molecule has 22 heavy (non-hydrogen) atoms. The molecule has 0 aliphatic carbocycles. The second kappa shape index (κ2) is 6.20. The van der Waals surface area contributed by atoms with E-state index >= 15 is 0 Å². The van der Waals surface area contributed by atoms with Crippen molar-refractivity contribution in [3.63, 3.8) is 0 Å². The minimum Gasteiger partial charge on any atom is -0.318 e. The van der Waals surface area contributed by atoms with E-state index in [1.807, 2.05) is 41.3 Å². The Bertz CT molecular complexity index is 719. The largest absolute Gasteiger partial charge is 0.324 e. The van der Waals surface area contributed by atoms with Crippen molar-refractivity contribution in [1.29, 1.82) is 5.26 Å². The molecule has 1 aliphatic rings. The smallest absolute Gasteiger partial charge is 0.318 e. The zero-order valence-corrected chi connectivity index (χ0v) is 13.5. The SMILES string of the molecule is N#Cc1ccc(CN2CCN(c3ccc(Br)cc3)C2=O)cc1. The van der Waals surface area contributed by atoms with E-state index in [-0.39, 0.29) is 6.03 Å². The van der Waals surface area contributed by atoms with Gasteiger partial charge in [0.2, 0.25) is 0 Å². The summed E-state index contributed by atoms with van der Waals surface area (Å²) in [6.45, 7) is 1.96. The Hall–Kier alpha value is -2.32. The molecule has 1 saturated heterocycles. The molecule has 0 unspecified atom stereocenters. The van der Waals surface area contributed by atoms with Crippen LogP contribution in [-0.4, -0.2) is 24.0 Å². The minimum absolute atomic E-state index is 0.0201. The molecule has 2 aromatic carbocycles. The fraction of sp³-hybridized carbons (Fsp3) is 0.176. The normalized spacial score (nSPS) is 14.3. The fourth-order valence-electron chi connectivity index (χ4n) is 2.50. The number of nitriles is 1. The molecule has 2 aromatic rings. The predicted molar refractivity (Wildman–Crippen MR) is 88.5 cm³/mol. The zero-order valence-electron chi connectivity index (χ0n) is 11.9. The van der Waals surface area contributed by atoms with Crippen molar-refractivity contribution in [2.75, 3.05) is 18.0 Å². The molecule has 0 atom stereocenters. The van der Waals surface area contributed by atoms with E-state index in [0.717, 1.165) is 15.7 Å². The van der Waals surface area contributed by atoms with Crippen molar-refractivity contribution in [2.45, 2.75) is 6.54 Å².